The summed E-state index contributed by atoms with van der Waals surface area (Å²) in [6.07, 6.45) is 5.17. The first-order valence-electron chi connectivity index (χ1n) is 9.09. The molecule has 7 heteroatoms. The maximum Gasteiger partial charge on any atom is 0.247 e. The van der Waals surface area contributed by atoms with E-state index in [1.54, 1.807) is 25.6 Å². The number of aromatic amines is 2. The second-order valence-corrected chi connectivity index (χ2v) is 6.56. The van der Waals surface area contributed by atoms with Crippen LogP contribution in [0.3, 0.4) is 0 Å². The summed E-state index contributed by atoms with van der Waals surface area (Å²) in [6, 6.07) is 12.8. The van der Waals surface area contributed by atoms with E-state index in [9.17, 15) is 4.79 Å². The van der Waals surface area contributed by atoms with Crippen LogP contribution in [0.5, 0.6) is 11.5 Å². The van der Waals surface area contributed by atoms with Crippen LogP contribution >= 0.6 is 0 Å². The first-order chi connectivity index (χ1) is 14.1. The minimum atomic E-state index is -0.154. The van der Waals surface area contributed by atoms with Crippen LogP contribution in [0.2, 0.25) is 0 Å². The second-order valence-electron chi connectivity index (χ2n) is 6.56. The fourth-order valence-electron chi connectivity index (χ4n) is 2.89. The number of nitrogens with one attached hydrogen (secondary N) is 2. The van der Waals surface area contributed by atoms with Gasteiger partial charge in [-0.2, -0.15) is 0 Å². The largest absolute Gasteiger partial charge is 0.496 e. The van der Waals surface area contributed by atoms with E-state index in [-0.39, 0.29) is 5.56 Å². The predicted molar refractivity (Wildman–Crippen MR) is 110 cm³/mol. The standard InChI is InChI=1S/C22H20N4O3/c1-14-3-5-16(23-10-14)13-29-17-6-7-18(20(9-17)28-2)19-12-25-22(26-19)15-4-8-21(27)24-11-15/h3-12H,13H2,1-2H3,(H,24,27)(H,25,26). The summed E-state index contributed by atoms with van der Waals surface area (Å²) in [4.78, 5) is 25.9. The summed E-state index contributed by atoms with van der Waals surface area (Å²) in [5.74, 6) is 2.01. The van der Waals surface area contributed by atoms with Gasteiger partial charge in [0, 0.05) is 35.7 Å². The third-order valence-corrected chi connectivity index (χ3v) is 4.46. The molecule has 0 bridgehead atoms. The quantitative estimate of drug-likeness (QED) is 0.525. The fraction of sp³-hybridized carbons (Fsp3) is 0.136. The highest BCUT2D eigenvalue weighted by molar-refractivity contribution is 5.70. The zero-order valence-corrected chi connectivity index (χ0v) is 16.1. The fourth-order valence-corrected chi connectivity index (χ4v) is 2.89. The molecule has 1 aromatic carbocycles. The smallest absolute Gasteiger partial charge is 0.247 e. The van der Waals surface area contributed by atoms with Gasteiger partial charge in [0.05, 0.1) is 24.7 Å². The molecule has 4 aromatic rings. The molecular formula is C22H20N4O3. The van der Waals surface area contributed by atoms with Gasteiger partial charge in [-0.3, -0.25) is 9.78 Å². The SMILES string of the molecule is COc1cc(OCc2ccc(C)cn2)ccc1-c1cnc(-c2ccc(=O)[nH]c2)[nH]1. The van der Waals surface area contributed by atoms with Crippen molar-refractivity contribution in [2.45, 2.75) is 13.5 Å². The van der Waals surface area contributed by atoms with Gasteiger partial charge < -0.3 is 19.4 Å². The van der Waals surface area contributed by atoms with Crippen LogP contribution in [0.25, 0.3) is 22.6 Å². The number of ether oxygens (including phenoxy) is 2. The molecule has 3 aromatic heterocycles. The molecule has 0 fully saturated rings. The van der Waals surface area contributed by atoms with E-state index in [1.807, 2.05) is 43.5 Å². The lowest BCUT2D eigenvalue weighted by atomic mass is 10.1. The average molecular weight is 388 g/mol. The zero-order valence-electron chi connectivity index (χ0n) is 16.1. The number of aromatic nitrogens is 4. The van der Waals surface area contributed by atoms with E-state index >= 15 is 0 Å². The van der Waals surface area contributed by atoms with Gasteiger partial charge in [-0.05, 0) is 36.8 Å². The van der Waals surface area contributed by atoms with Gasteiger partial charge in [0.2, 0.25) is 5.56 Å². The summed E-state index contributed by atoms with van der Waals surface area (Å²) in [5.41, 5.74) is 4.27. The molecule has 2 N–H and O–H groups in total. The van der Waals surface area contributed by atoms with Crippen molar-refractivity contribution < 1.29 is 9.47 Å². The third-order valence-electron chi connectivity index (χ3n) is 4.46. The maximum absolute atomic E-state index is 11.2. The van der Waals surface area contributed by atoms with E-state index in [0.717, 1.165) is 28.1 Å². The highest BCUT2D eigenvalue weighted by Crippen LogP contribution is 2.33. The van der Waals surface area contributed by atoms with Gasteiger partial charge in [0.1, 0.15) is 23.9 Å². The molecule has 0 aliphatic heterocycles. The number of hydrogen-bond acceptors (Lipinski definition) is 5. The van der Waals surface area contributed by atoms with Crippen LogP contribution < -0.4 is 15.0 Å². The van der Waals surface area contributed by atoms with Crippen molar-refractivity contribution >= 4 is 0 Å². The molecule has 3 heterocycles. The molecule has 0 saturated carbocycles. The second kappa shape index (κ2) is 8.02. The van der Waals surface area contributed by atoms with Crippen LogP contribution in [0.15, 0.2) is 65.8 Å². The van der Waals surface area contributed by atoms with Crippen LogP contribution in [0, 0.1) is 6.92 Å². The van der Waals surface area contributed by atoms with Crippen molar-refractivity contribution in [1.82, 2.24) is 19.9 Å². The van der Waals surface area contributed by atoms with E-state index < -0.39 is 0 Å². The van der Waals surface area contributed by atoms with Crippen molar-refractivity contribution in [2.24, 2.45) is 0 Å². The van der Waals surface area contributed by atoms with Crippen molar-refractivity contribution in [3.8, 4) is 34.1 Å². The van der Waals surface area contributed by atoms with Gasteiger partial charge in [0.15, 0.2) is 0 Å². The Hall–Kier alpha value is -3.87. The first kappa shape index (κ1) is 18.5. The highest BCUT2D eigenvalue weighted by Gasteiger charge is 2.12. The number of hydrogen-bond donors (Lipinski definition) is 2. The maximum atomic E-state index is 11.2. The monoisotopic (exact) mass is 388 g/mol. The summed E-state index contributed by atoms with van der Waals surface area (Å²) in [6.45, 7) is 2.38. The average Bonchev–Trinajstić information content (AvgIpc) is 3.23. The van der Waals surface area contributed by atoms with Crippen LogP contribution in [-0.4, -0.2) is 27.0 Å². The minimum absolute atomic E-state index is 0.154. The molecule has 146 valence electrons. The lowest BCUT2D eigenvalue weighted by molar-refractivity contribution is 0.299. The number of H-pyrrole nitrogens is 2. The van der Waals surface area contributed by atoms with Gasteiger partial charge in [-0.1, -0.05) is 6.07 Å². The van der Waals surface area contributed by atoms with Crippen molar-refractivity contribution in [3.05, 3.63) is 82.7 Å². The van der Waals surface area contributed by atoms with E-state index in [4.69, 9.17) is 9.47 Å². The molecular weight excluding hydrogens is 368 g/mol. The van der Waals surface area contributed by atoms with Gasteiger partial charge in [-0.15, -0.1) is 0 Å². The van der Waals surface area contributed by atoms with Crippen molar-refractivity contribution in [1.29, 1.82) is 0 Å². The van der Waals surface area contributed by atoms with Crippen molar-refractivity contribution in [2.75, 3.05) is 7.11 Å². The molecule has 29 heavy (non-hydrogen) atoms. The summed E-state index contributed by atoms with van der Waals surface area (Å²) >= 11 is 0. The molecule has 0 saturated heterocycles. The number of imidazole rings is 1. The molecule has 0 aliphatic carbocycles. The van der Waals surface area contributed by atoms with Crippen LogP contribution in [-0.2, 0) is 6.61 Å². The molecule has 0 unspecified atom stereocenters. The van der Waals surface area contributed by atoms with E-state index in [2.05, 4.69) is 19.9 Å². The number of aryl methyl sites for hydroxylation is 1. The predicted octanol–water partition coefficient (Wildman–Crippen LogP) is 3.72. The number of methoxy groups -OCH3 is 1. The Balaban J connectivity index is 1.54. The lowest BCUT2D eigenvalue weighted by Gasteiger charge is -2.11. The normalized spacial score (nSPS) is 10.7. The zero-order chi connectivity index (χ0) is 20.2. The summed E-state index contributed by atoms with van der Waals surface area (Å²) < 4.78 is 11.4. The van der Waals surface area contributed by atoms with Gasteiger partial charge in [-0.25, -0.2) is 4.98 Å². The van der Waals surface area contributed by atoms with Gasteiger partial charge >= 0.3 is 0 Å². The summed E-state index contributed by atoms with van der Waals surface area (Å²) in [7, 11) is 1.61. The minimum Gasteiger partial charge on any atom is -0.496 e. The summed E-state index contributed by atoms with van der Waals surface area (Å²) in [5, 5.41) is 0. The Bertz CT molecular complexity index is 1160. The molecule has 0 radical (unpaired) electrons. The number of rotatable bonds is 6. The first-order valence-corrected chi connectivity index (χ1v) is 9.09. The molecule has 7 nitrogen and oxygen atoms in total. The molecule has 0 aliphatic rings. The van der Waals surface area contributed by atoms with E-state index in [1.165, 1.54) is 6.07 Å². The molecule has 0 spiro atoms. The molecule has 4 rings (SSSR count). The Labute approximate surface area is 167 Å². The van der Waals surface area contributed by atoms with Gasteiger partial charge in [0.25, 0.3) is 0 Å². The Morgan fingerprint density at radius 3 is 2.66 bits per heavy atom. The Morgan fingerprint density at radius 2 is 1.93 bits per heavy atom. The number of benzene rings is 1. The van der Waals surface area contributed by atoms with Crippen LogP contribution in [0.4, 0.5) is 0 Å². The number of pyridine rings is 2. The van der Waals surface area contributed by atoms with Crippen LogP contribution in [0.1, 0.15) is 11.3 Å². The Kier molecular flexibility index (Phi) is 5.11. The lowest BCUT2D eigenvalue weighted by Crippen LogP contribution is -2.01. The topological polar surface area (TPSA) is 92.9 Å². The molecule has 0 atom stereocenters. The highest BCUT2D eigenvalue weighted by atomic mass is 16.5. The third kappa shape index (κ3) is 4.19. The van der Waals surface area contributed by atoms with Crippen molar-refractivity contribution in [3.63, 3.8) is 0 Å². The number of nitrogens with zero attached hydrogens (tertiary/aromatic N) is 2. The van der Waals surface area contributed by atoms with E-state index in [0.29, 0.717) is 23.9 Å². The Morgan fingerprint density at radius 1 is 1.03 bits per heavy atom. The molecule has 0 amide bonds.